The lowest BCUT2D eigenvalue weighted by molar-refractivity contribution is -0.132. The maximum atomic E-state index is 12.0. The highest BCUT2D eigenvalue weighted by atomic mass is 127. The largest absolute Gasteiger partial charge is 0.490 e. The van der Waals surface area contributed by atoms with Crippen molar-refractivity contribution in [3.63, 3.8) is 0 Å². The van der Waals surface area contributed by atoms with Gasteiger partial charge in [-0.3, -0.25) is 9.59 Å². The van der Waals surface area contributed by atoms with Gasteiger partial charge >= 0.3 is 5.97 Å². The summed E-state index contributed by atoms with van der Waals surface area (Å²) in [5, 5.41) is 4.42. The van der Waals surface area contributed by atoms with E-state index in [1.165, 1.54) is 13.1 Å². The number of carbonyl (C=O) groups excluding carboxylic acids is 2. The summed E-state index contributed by atoms with van der Waals surface area (Å²) >= 11 is 7.91. The second-order valence-corrected chi connectivity index (χ2v) is 6.66. The van der Waals surface area contributed by atoms with Crippen molar-refractivity contribution < 1.29 is 19.1 Å². The van der Waals surface area contributed by atoms with Gasteiger partial charge in [0.15, 0.2) is 11.5 Å². The van der Waals surface area contributed by atoms with E-state index in [1.54, 1.807) is 36.4 Å². The highest BCUT2D eigenvalue weighted by Gasteiger charge is 2.13. The molecule has 0 aliphatic heterocycles. The molecule has 0 spiro atoms. The zero-order valence-electron chi connectivity index (χ0n) is 14.1. The Balaban J connectivity index is 2.16. The summed E-state index contributed by atoms with van der Waals surface area (Å²) in [7, 11) is 0. The topological polar surface area (TPSA) is 77.0 Å². The molecule has 0 saturated heterocycles. The Morgan fingerprint density at radius 3 is 2.73 bits per heavy atom. The predicted molar refractivity (Wildman–Crippen MR) is 108 cm³/mol. The molecule has 0 saturated carbocycles. The van der Waals surface area contributed by atoms with E-state index in [-0.39, 0.29) is 5.91 Å². The van der Waals surface area contributed by atoms with E-state index in [2.05, 4.69) is 10.5 Å². The zero-order chi connectivity index (χ0) is 19.1. The summed E-state index contributed by atoms with van der Waals surface area (Å²) in [6, 6.07) is 10.0. The first-order valence-corrected chi connectivity index (χ1v) is 9.10. The lowest BCUT2D eigenvalue weighted by Gasteiger charge is -2.12. The number of halogens is 2. The molecule has 0 bridgehead atoms. The van der Waals surface area contributed by atoms with Crippen LogP contribution in [-0.2, 0) is 4.79 Å². The van der Waals surface area contributed by atoms with Crippen molar-refractivity contribution in [2.24, 2.45) is 5.10 Å². The first kappa shape index (κ1) is 20.2. The van der Waals surface area contributed by atoms with Crippen LogP contribution in [0.4, 0.5) is 0 Å². The van der Waals surface area contributed by atoms with E-state index >= 15 is 0 Å². The number of carbonyl (C=O) groups is 2. The van der Waals surface area contributed by atoms with Crippen molar-refractivity contribution in [3.05, 3.63) is 56.1 Å². The van der Waals surface area contributed by atoms with Crippen LogP contribution in [0, 0.1) is 3.57 Å². The van der Waals surface area contributed by atoms with Crippen LogP contribution in [0.1, 0.15) is 29.8 Å². The van der Waals surface area contributed by atoms with Gasteiger partial charge in [0, 0.05) is 17.5 Å². The van der Waals surface area contributed by atoms with Gasteiger partial charge in [-0.15, -0.1) is 0 Å². The smallest absolute Gasteiger partial charge is 0.308 e. The van der Waals surface area contributed by atoms with E-state index < -0.39 is 5.97 Å². The number of hydrazone groups is 1. The van der Waals surface area contributed by atoms with E-state index in [1.807, 2.05) is 29.5 Å². The lowest BCUT2D eigenvalue weighted by Crippen LogP contribution is -2.17. The molecular weight excluding hydrogens is 471 g/mol. The van der Waals surface area contributed by atoms with Crippen LogP contribution in [0.3, 0.4) is 0 Å². The fourth-order valence-corrected chi connectivity index (χ4v) is 2.95. The lowest BCUT2D eigenvalue weighted by atomic mass is 10.2. The monoisotopic (exact) mass is 486 g/mol. The molecule has 1 amide bonds. The molecule has 0 aliphatic rings. The van der Waals surface area contributed by atoms with Crippen LogP contribution in [0.25, 0.3) is 0 Å². The molecule has 136 valence electrons. The first-order chi connectivity index (χ1) is 12.4. The Bertz CT molecular complexity index is 855. The van der Waals surface area contributed by atoms with Crippen molar-refractivity contribution in [1.82, 2.24) is 5.43 Å². The third kappa shape index (κ3) is 5.70. The quantitative estimate of drug-likeness (QED) is 0.220. The zero-order valence-corrected chi connectivity index (χ0v) is 17.0. The number of rotatable bonds is 6. The Hall–Kier alpha value is -2.13. The van der Waals surface area contributed by atoms with Gasteiger partial charge in [0.1, 0.15) is 0 Å². The molecule has 2 aromatic carbocycles. The molecule has 2 aromatic rings. The van der Waals surface area contributed by atoms with Crippen LogP contribution >= 0.6 is 34.2 Å². The van der Waals surface area contributed by atoms with Gasteiger partial charge in [-0.25, -0.2) is 5.43 Å². The minimum Gasteiger partial charge on any atom is -0.490 e. The molecule has 0 aromatic heterocycles. The predicted octanol–water partition coefficient (Wildman–Crippen LogP) is 4.03. The summed E-state index contributed by atoms with van der Waals surface area (Å²) in [5.74, 6) is -0.0173. The molecule has 6 nitrogen and oxygen atoms in total. The summed E-state index contributed by atoms with van der Waals surface area (Å²) in [4.78, 5) is 23.3. The number of hydrogen-bond acceptors (Lipinski definition) is 5. The van der Waals surface area contributed by atoms with Crippen LogP contribution in [-0.4, -0.2) is 24.7 Å². The number of amides is 1. The number of ether oxygens (including phenoxy) is 2. The van der Waals surface area contributed by atoms with Gasteiger partial charge in [-0.1, -0.05) is 17.7 Å². The number of esters is 1. The van der Waals surface area contributed by atoms with Crippen molar-refractivity contribution >= 4 is 52.3 Å². The molecule has 0 aliphatic carbocycles. The van der Waals surface area contributed by atoms with Crippen LogP contribution in [0.15, 0.2) is 41.5 Å². The Kier molecular flexibility index (Phi) is 7.40. The molecule has 0 fully saturated rings. The highest BCUT2D eigenvalue weighted by molar-refractivity contribution is 14.1. The van der Waals surface area contributed by atoms with Gasteiger partial charge in [-0.05, 0) is 65.4 Å². The highest BCUT2D eigenvalue weighted by Crippen LogP contribution is 2.34. The van der Waals surface area contributed by atoms with Crippen molar-refractivity contribution in [1.29, 1.82) is 0 Å². The standard InChI is InChI=1S/C18H16ClIN2O4/c1-3-25-16-8-12(7-15(20)17(16)26-11(2)23)10-21-22-18(24)13-5-4-6-14(19)9-13/h4-10H,3H2,1-2H3,(H,22,24)/b21-10-. The van der Waals surface area contributed by atoms with Crippen molar-refractivity contribution in [2.75, 3.05) is 6.61 Å². The summed E-state index contributed by atoms with van der Waals surface area (Å²) in [6.07, 6.45) is 1.48. The van der Waals surface area contributed by atoms with Gasteiger partial charge in [0.2, 0.25) is 0 Å². The average molecular weight is 487 g/mol. The molecule has 0 unspecified atom stereocenters. The van der Waals surface area contributed by atoms with Gasteiger partial charge in [0.25, 0.3) is 5.91 Å². The van der Waals surface area contributed by atoms with Crippen LogP contribution < -0.4 is 14.9 Å². The third-order valence-electron chi connectivity index (χ3n) is 3.04. The van der Waals surface area contributed by atoms with Crippen molar-refractivity contribution in [2.45, 2.75) is 13.8 Å². The molecule has 0 heterocycles. The normalized spacial score (nSPS) is 10.6. The fraction of sp³-hybridized carbons (Fsp3) is 0.167. The van der Waals surface area contributed by atoms with Crippen molar-refractivity contribution in [3.8, 4) is 11.5 Å². The van der Waals surface area contributed by atoms with Gasteiger partial charge in [-0.2, -0.15) is 5.10 Å². The molecule has 0 atom stereocenters. The Morgan fingerprint density at radius 1 is 1.31 bits per heavy atom. The molecule has 8 heteroatoms. The number of nitrogens with zero attached hydrogens (tertiary/aromatic N) is 1. The Morgan fingerprint density at radius 2 is 2.08 bits per heavy atom. The number of nitrogens with one attached hydrogen (secondary N) is 1. The number of hydrogen-bond donors (Lipinski definition) is 1. The molecule has 2 rings (SSSR count). The second-order valence-electron chi connectivity index (χ2n) is 5.07. The minimum absolute atomic E-state index is 0.361. The maximum Gasteiger partial charge on any atom is 0.308 e. The summed E-state index contributed by atoms with van der Waals surface area (Å²) in [5.41, 5.74) is 3.52. The van der Waals surface area contributed by atoms with E-state index in [4.69, 9.17) is 21.1 Å². The van der Waals surface area contributed by atoms with Crippen LogP contribution in [0.2, 0.25) is 5.02 Å². The Labute approximate surface area is 169 Å². The molecule has 0 radical (unpaired) electrons. The summed E-state index contributed by atoms with van der Waals surface area (Å²) < 4.78 is 11.4. The SMILES string of the molecule is CCOc1cc(/C=N\NC(=O)c2cccc(Cl)c2)cc(I)c1OC(C)=O. The average Bonchev–Trinajstić information content (AvgIpc) is 2.58. The van der Waals surface area contributed by atoms with Gasteiger partial charge in [0.05, 0.1) is 16.4 Å². The number of benzene rings is 2. The van der Waals surface area contributed by atoms with Crippen LogP contribution in [0.5, 0.6) is 11.5 Å². The van der Waals surface area contributed by atoms with Gasteiger partial charge < -0.3 is 9.47 Å². The molecule has 1 N–H and O–H groups in total. The fourth-order valence-electron chi connectivity index (χ4n) is 2.03. The maximum absolute atomic E-state index is 12.0. The molecular formula is C18H16ClIN2O4. The molecule has 26 heavy (non-hydrogen) atoms. The first-order valence-electron chi connectivity index (χ1n) is 7.64. The van der Waals surface area contributed by atoms with E-state index in [0.29, 0.717) is 37.8 Å². The third-order valence-corrected chi connectivity index (χ3v) is 4.08. The summed E-state index contributed by atoms with van der Waals surface area (Å²) in [6.45, 7) is 3.57. The van der Waals surface area contributed by atoms with E-state index in [9.17, 15) is 9.59 Å². The second kappa shape index (κ2) is 9.54. The van der Waals surface area contributed by atoms with E-state index in [0.717, 1.165) is 0 Å². The minimum atomic E-state index is -0.431.